The molecule has 1 aliphatic heterocycles. The fourth-order valence-corrected chi connectivity index (χ4v) is 2.84. The van der Waals surface area contributed by atoms with E-state index < -0.39 is 0 Å². The van der Waals surface area contributed by atoms with Crippen LogP contribution in [0.15, 0.2) is 46.9 Å². The molecule has 1 fully saturated rings. The zero-order valence-electron chi connectivity index (χ0n) is 12.9. The molecular weight excluding hydrogens is 276 g/mol. The Hall–Kier alpha value is -2.07. The molecule has 116 valence electrons. The molecule has 4 heteroatoms. The quantitative estimate of drug-likeness (QED) is 0.920. The van der Waals surface area contributed by atoms with E-state index in [1.165, 1.54) is 12.8 Å². The molecular formula is C18H22N2O2. The summed E-state index contributed by atoms with van der Waals surface area (Å²) in [6, 6.07) is 13.5. The lowest BCUT2D eigenvalue weighted by molar-refractivity contribution is 0.0908. The minimum Gasteiger partial charge on any atom is -0.455 e. The summed E-state index contributed by atoms with van der Waals surface area (Å²) in [5, 5.41) is 2.97. The van der Waals surface area contributed by atoms with Crippen molar-refractivity contribution in [3.8, 4) is 0 Å². The van der Waals surface area contributed by atoms with Gasteiger partial charge in [0, 0.05) is 0 Å². The van der Waals surface area contributed by atoms with E-state index in [9.17, 15) is 4.79 Å². The van der Waals surface area contributed by atoms with Gasteiger partial charge >= 0.3 is 0 Å². The Morgan fingerprint density at radius 2 is 1.91 bits per heavy atom. The summed E-state index contributed by atoms with van der Waals surface area (Å²) < 4.78 is 5.69. The maximum Gasteiger partial charge on any atom is 0.287 e. The Morgan fingerprint density at radius 1 is 1.18 bits per heavy atom. The molecule has 1 N–H and O–H groups in total. The first-order valence-electron chi connectivity index (χ1n) is 7.89. The summed E-state index contributed by atoms with van der Waals surface area (Å²) in [7, 11) is 0. The molecule has 1 unspecified atom stereocenters. The van der Waals surface area contributed by atoms with Crippen LogP contribution in [0.25, 0.3) is 0 Å². The number of furan rings is 1. The SMILES string of the molecule is CC(NC(=O)c1ccc(CN2CCCC2)o1)c1ccccc1. The Bertz CT molecular complexity index is 615. The van der Waals surface area contributed by atoms with Gasteiger partial charge in [0.15, 0.2) is 5.76 Å². The fourth-order valence-electron chi connectivity index (χ4n) is 2.84. The van der Waals surface area contributed by atoms with Gasteiger partial charge in [0.05, 0.1) is 12.6 Å². The molecule has 1 aliphatic rings. The Morgan fingerprint density at radius 3 is 2.64 bits per heavy atom. The fraction of sp³-hybridized carbons (Fsp3) is 0.389. The zero-order chi connectivity index (χ0) is 15.4. The number of hydrogen-bond donors (Lipinski definition) is 1. The maximum atomic E-state index is 12.3. The second kappa shape index (κ2) is 6.79. The number of carbonyl (C=O) groups is 1. The Kier molecular flexibility index (Phi) is 4.59. The molecule has 1 amide bonds. The van der Waals surface area contributed by atoms with Crippen LogP contribution in [0.2, 0.25) is 0 Å². The molecule has 2 aromatic rings. The van der Waals surface area contributed by atoms with Crippen molar-refractivity contribution in [2.45, 2.75) is 32.4 Å². The van der Waals surface area contributed by atoms with Crippen LogP contribution < -0.4 is 5.32 Å². The van der Waals surface area contributed by atoms with Crippen LogP contribution in [0.3, 0.4) is 0 Å². The lowest BCUT2D eigenvalue weighted by Crippen LogP contribution is -2.26. The monoisotopic (exact) mass is 298 g/mol. The van der Waals surface area contributed by atoms with E-state index in [0.29, 0.717) is 5.76 Å². The van der Waals surface area contributed by atoms with Gasteiger partial charge in [0.1, 0.15) is 5.76 Å². The molecule has 3 rings (SSSR count). The molecule has 22 heavy (non-hydrogen) atoms. The van der Waals surface area contributed by atoms with Gasteiger partial charge < -0.3 is 9.73 Å². The highest BCUT2D eigenvalue weighted by atomic mass is 16.4. The number of hydrogen-bond acceptors (Lipinski definition) is 3. The number of benzene rings is 1. The summed E-state index contributed by atoms with van der Waals surface area (Å²) >= 11 is 0. The second-order valence-corrected chi connectivity index (χ2v) is 5.86. The van der Waals surface area contributed by atoms with Crippen molar-refractivity contribution in [3.05, 3.63) is 59.5 Å². The van der Waals surface area contributed by atoms with Crippen molar-refractivity contribution >= 4 is 5.91 Å². The normalized spacial score (nSPS) is 16.6. The van der Waals surface area contributed by atoms with Crippen LogP contribution in [0.5, 0.6) is 0 Å². The number of likely N-dealkylation sites (tertiary alicyclic amines) is 1. The van der Waals surface area contributed by atoms with Gasteiger partial charge in [0.2, 0.25) is 0 Å². The zero-order valence-corrected chi connectivity index (χ0v) is 12.9. The maximum absolute atomic E-state index is 12.3. The highest BCUT2D eigenvalue weighted by Gasteiger charge is 2.17. The topological polar surface area (TPSA) is 45.5 Å². The molecule has 1 aromatic heterocycles. The third-order valence-electron chi connectivity index (χ3n) is 4.11. The van der Waals surface area contributed by atoms with E-state index in [1.54, 1.807) is 6.07 Å². The van der Waals surface area contributed by atoms with Gasteiger partial charge in [-0.2, -0.15) is 0 Å². The van der Waals surface area contributed by atoms with Gasteiger partial charge in [-0.3, -0.25) is 9.69 Å². The minimum atomic E-state index is -0.163. The van der Waals surface area contributed by atoms with Crippen molar-refractivity contribution in [1.82, 2.24) is 10.2 Å². The third kappa shape index (κ3) is 3.57. The summed E-state index contributed by atoms with van der Waals surface area (Å²) in [6.07, 6.45) is 2.51. The summed E-state index contributed by atoms with van der Waals surface area (Å²) in [5.41, 5.74) is 1.08. The van der Waals surface area contributed by atoms with E-state index in [-0.39, 0.29) is 11.9 Å². The van der Waals surface area contributed by atoms with Crippen molar-refractivity contribution < 1.29 is 9.21 Å². The predicted octanol–water partition coefficient (Wildman–Crippen LogP) is 3.37. The van der Waals surface area contributed by atoms with Crippen LogP contribution in [-0.2, 0) is 6.54 Å². The van der Waals surface area contributed by atoms with Crippen LogP contribution in [0, 0.1) is 0 Å². The first kappa shape index (κ1) is 14.9. The smallest absolute Gasteiger partial charge is 0.287 e. The number of rotatable bonds is 5. The van der Waals surface area contributed by atoms with Gasteiger partial charge in [-0.25, -0.2) is 0 Å². The van der Waals surface area contributed by atoms with Crippen LogP contribution in [0.1, 0.15) is 47.7 Å². The van der Waals surface area contributed by atoms with Crippen LogP contribution in [-0.4, -0.2) is 23.9 Å². The van der Waals surface area contributed by atoms with Gasteiger partial charge in [-0.15, -0.1) is 0 Å². The molecule has 0 bridgehead atoms. The highest BCUT2D eigenvalue weighted by Crippen LogP contribution is 2.17. The lowest BCUT2D eigenvalue weighted by Gasteiger charge is -2.13. The molecule has 0 aliphatic carbocycles. The predicted molar refractivity (Wildman–Crippen MR) is 85.5 cm³/mol. The molecule has 0 spiro atoms. The highest BCUT2D eigenvalue weighted by molar-refractivity contribution is 5.91. The molecule has 0 radical (unpaired) electrons. The molecule has 2 heterocycles. The van der Waals surface area contributed by atoms with E-state index in [4.69, 9.17) is 4.42 Å². The molecule has 4 nitrogen and oxygen atoms in total. The van der Waals surface area contributed by atoms with Gasteiger partial charge in [-0.1, -0.05) is 30.3 Å². The van der Waals surface area contributed by atoms with Gasteiger partial charge in [-0.05, 0) is 50.6 Å². The van der Waals surface area contributed by atoms with Crippen molar-refractivity contribution in [2.24, 2.45) is 0 Å². The van der Waals surface area contributed by atoms with E-state index in [1.807, 2.05) is 43.3 Å². The van der Waals surface area contributed by atoms with Crippen molar-refractivity contribution in [3.63, 3.8) is 0 Å². The Labute approximate surface area is 131 Å². The second-order valence-electron chi connectivity index (χ2n) is 5.86. The van der Waals surface area contributed by atoms with Gasteiger partial charge in [0.25, 0.3) is 5.91 Å². The third-order valence-corrected chi connectivity index (χ3v) is 4.11. The number of amides is 1. The first-order chi connectivity index (χ1) is 10.7. The van der Waals surface area contributed by atoms with Crippen molar-refractivity contribution in [1.29, 1.82) is 0 Å². The van der Waals surface area contributed by atoms with E-state index in [0.717, 1.165) is 31.0 Å². The van der Waals surface area contributed by atoms with Crippen molar-refractivity contribution in [2.75, 3.05) is 13.1 Å². The number of carbonyl (C=O) groups excluding carboxylic acids is 1. The largest absolute Gasteiger partial charge is 0.455 e. The van der Waals surface area contributed by atoms with E-state index >= 15 is 0 Å². The van der Waals surface area contributed by atoms with E-state index in [2.05, 4.69) is 10.2 Å². The molecule has 0 saturated carbocycles. The van der Waals surface area contributed by atoms with Crippen LogP contribution >= 0.6 is 0 Å². The first-order valence-corrected chi connectivity index (χ1v) is 7.89. The average Bonchev–Trinajstić information content (AvgIpc) is 3.20. The van der Waals surface area contributed by atoms with Crippen LogP contribution in [0.4, 0.5) is 0 Å². The average molecular weight is 298 g/mol. The summed E-state index contributed by atoms with van der Waals surface area (Å²) in [6.45, 7) is 5.00. The summed E-state index contributed by atoms with van der Waals surface area (Å²) in [5.74, 6) is 1.08. The molecule has 1 aromatic carbocycles. The Balaban J connectivity index is 1.59. The summed E-state index contributed by atoms with van der Waals surface area (Å²) in [4.78, 5) is 14.6. The molecule has 1 atom stereocenters. The number of nitrogens with zero attached hydrogens (tertiary/aromatic N) is 1. The lowest BCUT2D eigenvalue weighted by atomic mass is 10.1. The molecule has 1 saturated heterocycles. The number of nitrogens with one attached hydrogen (secondary N) is 1. The minimum absolute atomic E-state index is 0.0409. The standard InChI is InChI=1S/C18H22N2O2/c1-14(15-7-3-2-4-8-15)19-18(21)17-10-9-16(22-17)13-20-11-5-6-12-20/h2-4,7-10,14H,5-6,11-13H2,1H3,(H,19,21).